The van der Waals surface area contributed by atoms with Gasteiger partial charge in [-0.15, -0.1) is 9.97 Å². The summed E-state index contributed by atoms with van der Waals surface area (Å²) in [5, 5.41) is 16.8. The van der Waals surface area contributed by atoms with Crippen LogP contribution in [0.25, 0.3) is 9.69 Å². The van der Waals surface area contributed by atoms with E-state index < -0.39 is 5.60 Å². The van der Waals surface area contributed by atoms with Gasteiger partial charge >= 0.3 is 6.09 Å². The Morgan fingerprint density at radius 1 is 0.780 bits per heavy atom. The summed E-state index contributed by atoms with van der Waals surface area (Å²) in [7, 11) is 0. The number of rotatable bonds is 11. The van der Waals surface area contributed by atoms with Crippen molar-refractivity contribution in [2.24, 2.45) is 11.8 Å². The van der Waals surface area contributed by atoms with Gasteiger partial charge < -0.3 is 56.5 Å². The quantitative estimate of drug-likeness (QED) is 0.0846. The summed E-state index contributed by atoms with van der Waals surface area (Å²) in [5.41, 5.74) is 9.13. The van der Waals surface area contributed by atoms with Crippen LogP contribution >= 0.6 is 0 Å². The lowest BCUT2D eigenvalue weighted by molar-refractivity contribution is 0.0172. The number of nitrogens with two attached hydrogens (primary N) is 1. The summed E-state index contributed by atoms with van der Waals surface area (Å²) in [6.07, 6.45) is 16.1. The highest BCUT2D eigenvalue weighted by atomic mass is 16.6. The highest BCUT2D eigenvalue weighted by Gasteiger charge is 2.28. The molecular weight excluding hydrogens is 749 g/mol. The average molecular weight is 803 g/mol. The van der Waals surface area contributed by atoms with Crippen molar-refractivity contribution in [2.45, 2.75) is 64.9 Å². The first-order valence-electron chi connectivity index (χ1n) is 20.1. The van der Waals surface area contributed by atoms with Crippen molar-refractivity contribution in [1.29, 1.82) is 0 Å². The summed E-state index contributed by atoms with van der Waals surface area (Å²) in [5.74, 6) is 3.79. The third-order valence-electron chi connectivity index (χ3n) is 10.0. The van der Waals surface area contributed by atoms with Gasteiger partial charge in [0.2, 0.25) is 0 Å². The Bertz CT molecular complexity index is 2070. The third-order valence-corrected chi connectivity index (χ3v) is 10.0. The van der Waals surface area contributed by atoms with Crippen LogP contribution in [0.4, 0.5) is 62.5 Å². The van der Waals surface area contributed by atoms with E-state index in [9.17, 15) is 4.79 Å². The molecule has 1 amide bonds. The number of nitrogens with one attached hydrogen (secondary N) is 5. The van der Waals surface area contributed by atoms with Crippen molar-refractivity contribution < 1.29 is 9.53 Å². The van der Waals surface area contributed by atoms with Gasteiger partial charge in [-0.05, 0) is 84.2 Å². The van der Waals surface area contributed by atoms with Gasteiger partial charge in [-0.3, -0.25) is 0 Å². The van der Waals surface area contributed by atoms with Crippen molar-refractivity contribution in [3.05, 3.63) is 72.1 Å². The topological polar surface area (TPSA) is 205 Å². The maximum Gasteiger partial charge on any atom is 0.410 e. The van der Waals surface area contributed by atoms with Crippen LogP contribution < -0.4 is 37.2 Å². The Morgan fingerprint density at radius 2 is 1.37 bits per heavy atom. The number of pyridine rings is 2. The molecule has 0 bridgehead atoms. The van der Waals surface area contributed by atoms with Crippen LogP contribution in [0.3, 0.4) is 0 Å². The molecule has 0 saturated carbocycles. The first-order chi connectivity index (χ1) is 28.5. The monoisotopic (exact) mass is 802 g/mol. The standard InChI is InChI=1S/C21H28N8O2.C20H26N8/c1-21(2,3)31-20(30)29-7-5-6-14(13-29)9-24-16-8-17(25-10-15(16)22)28-19-12-26-18(23-4)11-27-19;1-21-19-13-26-20(14-25-19)27-18-9-16(23-11-15-5-4-6-22-10-15)17(12-24-18)28-7-2-3-8-28/h8,10-12,14H,5-7,9,13,22H2,1-3H3,(H2,24,25,27,28);9,12-15,22H,2-8,10-11H2,(H2,23,24,26,27). The van der Waals surface area contributed by atoms with Gasteiger partial charge in [0.05, 0.1) is 47.5 Å². The number of piperidine rings is 2. The second-order valence-electron chi connectivity index (χ2n) is 15.8. The Hall–Kier alpha value is -6.53. The van der Waals surface area contributed by atoms with Crippen LogP contribution in [0.5, 0.6) is 0 Å². The Balaban J connectivity index is 0.000000199. The van der Waals surface area contributed by atoms with E-state index >= 15 is 0 Å². The zero-order chi connectivity index (χ0) is 41.6. The maximum atomic E-state index is 12.4. The predicted octanol–water partition coefficient (Wildman–Crippen LogP) is 6.98. The molecule has 18 heteroatoms. The molecule has 310 valence electrons. The van der Waals surface area contributed by atoms with Gasteiger partial charge in [0.25, 0.3) is 11.6 Å². The number of hydrogen-bond donors (Lipinski definition) is 6. The van der Waals surface area contributed by atoms with Gasteiger partial charge in [-0.2, -0.15) is 0 Å². The molecule has 59 heavy (non-hydrogen) atoms. The summed E-state index contributed by atoms with van der Waals surface area (Å²) in [4.78, 5) is 48.3. The zero-order valence-corrected chi connectivity index (χ0v) is 34.0. The smallest absolute Gasteiger partial charge is 0.410 e. The normalized spacial score (nSPS) is 17.7. The van der Waals surface area contributed by atoms with Crippen LogP contribution in [-0.4, -0.2) is 98.9 Å². The van der Waals surface area contributed by atoms with Crippen LogP contribution in [-0.2, 0) is 4.74 Å². The third kappa shape index (κ3) is 12.7. The second-order valence-corrected chi connectivity index (χ2v) is 15.8. The van der Waals surface area contributed by atoms with E-state index in [1.165, 1.54) is 50.0 Å². The Labute approximate surface area is 345 Å². The van der Waals surface area contributed by atoms with Gasteiger partial charge in [0.1, 0.15) is 17.2 Å². The van der Waals surface area contributed by atoms with E-state index in [4.69, 9.17) is 23.6 Å². The van der Waals surface area contributed by atoms with Crippen molar-refractivity contribution >= 4 is 63.7 Å². The second kappa shape index (κ2) is 20.2. The molecule has 7 rings (SSSR count). The molecule has 7 N–H and O–H groups in total. The van der Waals surface area contributed by atoms with Gasteiger partial charge in [0.15, 0.2) is 24.0 Å². The number of carbonyl (C=O) groups excluding carboxylic acids is 1. The summed E-state index contributed by atoms with van der Waals surface area (Å²) >= 11 is 0. The van der Waals surface area contributed by atoms with Crippen molar-refractivity contribution in [3.8, 4) is 0 Å². The van der Waals surface area contributed by atoms with E-state index in [0.717, 1.165) is 62.8 Å². The fraction of sp³-hybridized carbons (Fsp3) is 0.488. The SMILES string of the molecule is [C-]#[N+]c1cnc(Nc2cc(NCC3CCCN(C(=O)OC(C)(C)C)C3)c(N)cn2)cn1.[C-]#[N+]c1cnc(Nc2cc(NCC3CCCNC3)c(N3CCCC3)cn2)cn1. The van der Waals surface area contributed by atoms with Gasteiger partial charge in [-0.1, -0.05) is 13.1 Å². The molecule has 7 heterocycles. The number of hydrogen-bond acceptors (Lipinski definition) is 15. The van der Waals surface area contributed by atoms with Crippen molar-refractivity contribution in [3.63, 3.8) is 0 Å². The number of carbonyl (C=O) groups is 1. The summed E-state index contributed by atoms with van der Waals surface area (Å²) in [6.45, 7) is 26.9. The molecule has 3 saturated heterocycles. The molecule has 2 unspecified atom stereocenters. The minimum Gasteiger partial charge on any atom is -0.444 e. The number of anilines is 8. The lowest BCUT2D eigenvalue weighted by Gasteiger charge is -2.34. The average Bonchev–Trinajstić information content (AvgIpc) is 3.79. The van der Waals surface area contributed by atoms with Crippen molar-refractivity contribution in [1.82, 2.24) is 40.1 Å². The van der Waals surface area contributed by atoms with E-state index in [2.05, 4.69) is 71.1 Å². The molecule has 4 aromatic rings. The number of ether oxygens (including phenoxy) is 1. The molecule has 18 nitrogen and oxygen atoms in total. The molecule has 0 aliphatic carbocycles. The lowest BCUT2D eigenvalue weighted by Crippen LogP contribution is -2.44. The molecule has 0 radical (unpaired) electrons. The summed E-state index contributed by atoms with van der Waals surface area (Å²) in [6, 6.07) is 3.85. The van der Waals surface area contributed by atoms with E-state index in [1.807, 2.05) is 33.0 Å². The Kier molecular flexibility index (Phi) is 14.4. The largest absolute Gasteiger partial charge is 0.444 e. The number of amides is 1. The minimum atomic E-state index is -0.502. The van der Waals surface area contributed by atoms with E-state index in [-0.39, 0.29) is 23.6 Å². The first-order valence-corrected chi connectivity index (χ1v) is 20.1. The van der Waals surface area contributed by atoms with Gasteiger partial charge in [-0.25, -0.2) is 24.7 Å². The Morgan fingerprint density at radius 3 is 1.97 bits per heavy atom. The highest BCUT2D eigenvalue weighted by molar-refractivity contribution is 5.74. The molecular formula is C41H54N16O2. The van der Waals surface area contributed by atoms with Crippen LogP contribution in [0.1, 0.15) is 59.3 Å². The number of aromatic nitrogens is 6. The molecule has 3 aliphatic heterocycles. The fourth-order valence-electron chi connectivity index (χ4n) is 7.04. The van der Waals surface area contributed by atoms with E-state index in [1.54, 1.807) is 23.4 Å². The summed E-state index contributed by atoms with van der Waals surface area (Å²) < 4.78 is 5.50. The molecule has 4 aromatic heterocycles. The molecule has 0 spiro atoms. The van der Waals surface area contributed by atoms with Crippen LogP contribution in [0.2, 0.25) is 0 Å². The highest BCUT2D eigenvalue weighted by Crippen LogP contribution is 2.32. The lowest BCUT2D eigenvalue weighted by atomic mass is 9.98. The van der Waals surface area contributed by atoms with Crippen LogP contribution in [0.15, 0.2) is 49.3 Å². The van der Waals surface area contributed by atoms with Gasteiger partial charge in [0, 0.05) is 51.4 Å². The molecule has 0 aromatic carbocycles. The maximum absolute atomic E-state index is 12.4. The number of nitrogens with zero attached hydrogens (tertiary/aromatic N) is 10. The first kappa shape index (κ1) is 42.1. The predicted molar refractivity (Wildman–Crippen MR) is 231 cm³/mol. The molecule has 3 fully saturated rings. The number of likely N-dealkylation sites (tertiary alicyclic amines) is 1. The minimum absolute atomic E-state index is 0.228. The van der Waals surface area contributed by atoms with Crippen molar-refractivity contribution in [2.75, 3.05) is 84.3 Å². The van der Waals surface area contributed by atoms with Crippen LogP contribution in [0, 0.1) is 25.0 Å². The fourth-order valence-corrected chi connectivity index (χ4v) is 7.04. The molecule has 3 aliphatic rings. The van der Waals surface area contributed by atoms with E-state index in [0.29, 0.717) is 48.7 Å². The molecule has 2 atom stereocenters. The zero-order valence-electron chi connectivity index (χ0n) is 34.0. The number of nitrogen functional groups attached to an aromatic ring is 1.